The highest BCUT2D eigenvalue weighted by molar-refractivity contribution is 5.33. The van der Waals surface area contributed by atoms with Crippen LogP contribution in [-0.4, -0.2) is 30.7 Å². The summed E-state index contributed by atoms with van der Waals surface area (Å²) in [5.74, 6) is 1.65. The molecular weight excluding hydrogens is 258 g/mol. The second kappa shape index (κ2) is 6.38. The molecule has 2 aromatic heterocycles. The fourth-order valence-electron chi connectivity index (χ4n) is 2.01. The van der Waals surface area contributed by atoms with Gasteiger partial charge in [0.2, 0.25) is 11.8 Å². The van der Waals surface area contributed by atoms with E-state index in [2.05, 4.69) is 15.3 Å². The van der Waals surface area contributed by atoms with Crippen molar-refractivity contribution in [3.63, 3.8) is 0 Å². The average Bonchev–Trinajstić information content (AvgIpc) is 2.90. The van der Waals surface area contributed by atoms with E-state index >= 15 is 0 Å². The molecule has 0 bridgehead atoms. The number of methoxy groups -OCH3 is 2. The summed E-state index contributed by atoms with van der Waals surface area (Å²) in [7, 11) is 3.10. The van der Waals surface area contributed by atoms with Crippen molar-refractivity contribution in [3.05, 3.63) is 35.5 Å². The van der Waals surface area contributed by atoms with Crippen molar-refractivity contribution in [1.29, 1.82) is 0 Å². The number of hydrogen-bond acceptors (Lipinski definition) is 6. The Morgan fingerprint density at radius 2 is 2.15 bits per heavy atom. The molecule has 20 heavy (non-hydrogen) atoms. The van der Waals surface area contributed by atoms with Crippen LogP contribution in [0.5, 0.6) is 11.8 Å². The minimum Gasteiger partial charge on any atom is -0.480 e. The Labute approximate surface area is 118 Å². The maximum absolute atomic E-state index is 5.57. The summed E-state index contributed by atoms with van der Waals surface area (Å²) in [4.78, 5) is 8.67. The van der Waals surface area contributed by atoms with E-state index < -0.39 is 0 Å². The summed E-state index contributed by atoms with van der Waals surface area (Å²) in [5.41, 5.74) is 1.73. The lowest BCUT2D eigenvalue weighted by Gasteiger charge is -2.18. The van der Waals surface area contributed by atoms with Gasteiger partial charge in [-0.15, -0.1) is 0 Å². The molecule has 0 amide bonds. The lowest BCUT2D eigenvalue weighted by atomic mass is 10.1. The van der Waals surface area contributed by atoms with Gasteiger partial charge >= 0.3 is 0 Å². The van der Waals surface area contributed by atoms with E-state index in [-0.39, 0.29) is 6.04 Å². The Bertz CT molecular complexity index is 569. The first kappa shape index (κ1) is 14.3. The molecule has 0 saturated carbocycles. The summed E-state index contributed by atoms with van der Waals surface area (Å²) >= 11 is 0. The van der Waals surface area contributed by atoms with Gasteiger partial charge in [-0.1, -0.05) is 6.92 Å². The predicted octanol–water partition coefficient (Wildman–Crippen LogP) is 2.09. The molecule has 2 aromatic rings. The fourth-order valence-corrected chi connectivity index (χ4v) is 2.01. The maximum atomic E-state index is 5.57. The number of aromatic nitrogens is 2. The second-order valence-corrected chi connectivity index (χ2v) is 4.27. The Kier molecular flexibility index (Phi) is 4.57. The van der Waals surface area contributed by atoms with E-state index in [9.17, 15) is 0 Å². The van der Waals surface area contributed by atoms with Crippen molar-refractivity contribution in [1.82, 2.24) is 15.3 Å². The lowest BCUT2D eigenvalue weighted by molar-refractivity contribution is 0.347. The van der Waals surface area contributed by atoms with E-state index in [1.54, 1.807) is 26.7 Å². The van der Waals surface area contributed by atoms with Crippen LogP contribution in [0.3, 0.4) is 0 Å². The first-order valence-electron chi connectivity index (χ1n) is 6.43. The molecule has 2 rings (SSSR count). The summed E-state index contributed by atoms with van der Waals surface area (Å²) < 4.78 is 16.0. The Balaban J connectivity index is 2.46. The number of aryl methyl sites for hydroxylation is 1. The molecule has 1 unspecified atom stereocenters. The van der Waals surface area contributed by atoms with Crippen LogP contribution < -0.4 is 14.8 Å². The van der Waals surface area contributed by atoms with Gasteiger partial charge in [0.25, 0.3) is 0 Å². The monoisotopic (exact) mass is 277 g/mol. The summed E-state index contributed by atoms with van der Waals surface area (Å²) in [5, 5.41) is 3.34. The quantitative estimate of drug-likeness (QED) is 0.872. The second-order valence-electron chi connectivity index (χ2n) is 4.27. The first-order valence-corrected chi connectivity index (χ1v) is 6.43. The molecule has 6 heteroatoms. The normalized spacial score (nSPS) is 12.2. The SMILES string of the molecule is CCNC(c1ncc(OC)nc1OC)c1occc1C. The average molecular weight is 277 g/mol. The van der Waals surface area contributed by atoms with Gasteiger partial charge < -0.3 is 19.2 Å². The molecule has 1 N–H and O–H groups in total. The number of rotatable bonds is 6. The van der Waals surface area contributed by atoms with Crippen LogP contribution in [-0.2, 0) is 0 Å². The van der Waals surface area contributed by atoms with Crippen molar-refractivity contribution in [3.8, 4) is 11.8 Å². The number of furan rings is 1. The molecule has 0 aliphatic rings. The number of ether oxygens (including phenoxy) is 2. The molecule has 0 spiro atoms. The third-order valence-corrected chi connectivity index (χ3v) is 2.99. The van der Waals surface area contributed by atoms with Crippen LogP contribution in [0.25, 0.3) is 0 Å². The van der Waals surface area contributed by atoms with Crippen LogP contribution in [0.15, 0.2) is 22.9 Å². The zero-order valence-corrected chi connectivity index (χ0v) is 12.1. The molecule has 0 aliphatic heterocycles. The van der Waals surface area contributed by atoms with Gasteiger partial charge in [0.05, 0.1) is 26.7 Å². The van der Waals surface area contributed by atoms with Crippen LogP contribution in [0.4, 0.5) is 0 Å². The van der Waals surface area contributed by atoms with Gasteiger partial charge in [0, 0.05) is 0 Å². The molecule has 0 radical (unpaired) electrons. The lowest BCUT2D eigenvalue weighted by Crippen LogP contribution is -2.24. The highest BCUT2D eigenvalue weighted by Crippen LogP contribution is 2.30. The molecule has 0 saturated heterocycles. The summed E-state index contributed by atoms with van der Waals surface area (Å²) in [6, 6.07) is 1.71. The molecule has 1 atom stereocenters. The molecule has 0 aliphatic carbocycles. The first-order chi connectivity index (χ1) is 9.71. The molecule has 0 aromatic carbocycles. The summed E-state index contributed by atoms with van der Waals surface area (Å²) in [6.07, 6.45) is 3.24. The third-order valence-electron chi connectivity index (χ3n) is 2.99. The zero-order valence-electron chi connectivity index (χ0n) is 12.1. The highest BCUT2D eigenvalue weighted by atomic mass is 16.5. The Morgan fingerprint density at radius 3 is 2.70 bits per heavy atom. The smallest absolute Gasteiger partial charge is 0.240 e. The van der Waals surface area contributed by atoms with Gasteiger partial charge in [-0.2, -0.15) is 4.98 Å². The van der Waals surface area contributed by atoms with Crippen LogP contribution in [0.1, 0.15) is 30.0 Å². The van der Waals surface area contributed by atoms with Crippen LogP contribution in [0, 0.1) is 6.92 Å². The molecular formula is C14H19N3O3. The minimum atomic E-state index is -0.205. The van der Waals surface area contributed by atoms with Crippen molar-refractivity contribution >= 4 is 0 Å². The van der Waals surface area contributed by atoms with E-state index in [0.29, 0.717) is 17.5 Å². The van der Waals surface area contributed by atoms with E-state index in [0.717, 1.165) is 17.9 Å². The van der Waals surface area contributed by atoms with Crippen molar-refractivity contribution in [2.24, 2.45) is 0 Å². The van der Waals surface area contributed by atoms with Crippen molar-refractivity contribution < 1.29 is 13.9 Å². The van der Waals surface area contributed by atoms with Gasteiger partial charge in [-0.3, -0.25) is 0 Å². The van der Waals surface area contributed by atoms with E-state index in [1.807, 2.05) is 19.9 Å². The maximum Gasteiger partial charge on any atom is 0.240 e. The number of nitrogens with zero attached hydrogens (tertiary/aromatic N) is 2. The Hall–Kier alpha value is -2.08. The molecule has 108 valence electrons. The van der Waals surface area contributed by atoms with Gasteiger partial charge in [-0.05, 0) is 25.1 Å². The van der Waals surface area contributed by atoms with Crippen LogP contribution >= 0.6 is 0 Å². The van der Waals surface area contributed by atoms with Gasteiger partial charge in [0.15, 0.2) is 0 Å². The van der Waals surface area contributed by atoms with Crippen molar-refractivity contribution in [2.75, 3.05) is 20.8 Å². The largest absolute Gasteiger partial charge is 0.480 e. The van der Waals surface area contributed by atoms with Gasteiger partial charge in [0.1, 0.15) is 17.5 Å². The molecule has 0 fully saturated rings. The van der Waals surface area contributed by atoms with Crippen molar-refractivity contribution in [2.45, 2.75) is 19.9 Å². The highest BCUT2D eigenvalue weighted by Gasteiger charge is 2.24. The standard InChI is InChI=1S/C14H19N3O3/c1-5-15-11(13-9(2)6-7-20-13)12-14(19-4)17-10(18-3)8-16-12/h6-8,11,15H,5H2,1-4H3. The molecule has 6 nitrogen and oxygen atoms in total. The minimum absolute atomic E-state index is 0.205. The number of nitrogens with one attached hydrogen (secondary N) is 1. The van der Waals surface area contributed by atoms with E-state index in [4.69, 9.17) is 13.9 Å². The van der Waals surface area contributed by atoms with Crippen LogP contribution in [0.2, 0.25) is 0 Å². The topological polar surface area (TPSA) is 69.4 Å². The van der Waals surface area contributed by atoms with E-state index in [1.165, 1.54) is 0 Å². The fraction of sp³-hybridized carbons (Fsp3) is 0.429. The number of hydrogen-bond donors (Lipinski definition) is 1. The zero-order chi connectivity index (χ0) is 14.5. The predicted molar refractivity (Wildman–Crippen MR) is 74.1 cm³/mol. The third kappa shape index (κ3) is 2.75. The Morgan fingerprint density at radius 1 is 1.35 bits per heavy atom. The molecule has 2 heterocycles. The van der Waals surface area contributed by atoms with Gasteiger partial charge in [-0.25, -0.2) is 4.98 Å². The summed E-state index contributed by atoms with van der Waals surface area (Å²) in [6.45, 7) is 4.78.